The largest absolute Gasteiger partial charge is 0.508 e. The summed E-state index contributed by atoms with van der Waals surface area (Å²) >= 11 is 0. The highest BCUT2D eigenvalue weighted by molar-refractivity contribution is 6.04. The Morgan fingerprint density at radius 1 is 1.04 bits per heavy atom. The van der Waals surface area contributed by atoms with Crippen LogP contribution in [-0.2, 0) is 29.1 Å². The maximum Gasteiger partial charge on any atom is 0.334 e. The van der Waals surface area contributed by atoms with Crippen LogP contribution in [0, 0.1) is 0 Å². The van der Waals surface area contributed by atoms with Gasteiger partial charge in [0.15, 0.2) is 0 Å². The molecule has 46 heavy (non-hydrogen) atoms. The summed E-state index contributed by atoms with van der Waals surface area (Å²) in [5.74, 6) is -1.17. The predicted octanol–water partition coefficient (Wildman–Crippen LogP) is 2.10. The normalized spacial score (nSPS) is 18.5. The van der Waals surface area contributed by atoms with Crippen molar-refractivity contribution in [3.05, 3.63) is 108 Å². The molecule has 0 bridgehead atoms. The van der Waals surface area contributed by atoms with Crippen LogP contribution in [0.4, 0.5) is 4.79 Å². The van der Waals surface area contributed by atoms with Crippen LogP contribution < -0.4 is 11.1 Å². The number of hydrogen-bond donors (Lipinski definition) is 4. The SMILES string of the molecule is C=CCN1CC(=O)N2[C@@H](Cc3ccc(O)cc3)C(=O)N(Cc3cccc4c(C(N)=O)[nH]nc34)C[C@@H]2N1C(=O)NCc1ccccc1. The number of rotatable bonds is 9. The number of H-pyrrole nitrogens is 1. The second-order valence-electron chi connectivity index (χ2n) is 11.3. The van der Waals surface area contributed by atoms with E-state index < -0.39 is 24.1 Å². The van der Waals surface area contributed by atoms with Gasteiger partial charge in [-0.3, -0.25) is 19.5 Å². The summed E-state index contributed by atoms with van der Waals surface area (Å²) in [6.45, 7) is 4.32. The zero-order valence-electron chi connectivity index (χ0n) is 25.0. The number of nitrogens with zero attached hydrogens (tertiary/aromatic N) is 5. The number of fused-ring (bicyclic) bond motifs is 2. The first-order valence-corrected chi connectivity index (χ1v) is 14.9. The highest BCUT2D eigenvalue weighted by Crippen LogP contribution is 2.31. The quantitative estimate of drug-likeness (QED) is 0.207. The Labute approximate surface area is 264 Å². The number of piperazine rings is 1. The van der Waals surface area contributed by atoms with Crippen LogP contribution in [-0.4, -0.2) is 90.7 Å². The van der Waals surface area contributed by atoms with E-state index in [0.29, 0.717) is 16.5 Å². The Balaban J connectivity index is 1.37. The fraction of sp³-hybridized carbons (Fsp3) is 0.242. The van der Waals surface area contributed by atoms with Gasteiger partial charge in [-0.1, -0.05) is 66.7 Å². The lowest BCUT2D eigenvalue weighted by atomic mass is 9.98. The standard InChI is InChI=1S/C33H34N8O5/c1-2-15-39-20-28(43)40-26(16-21-11-13-24(42)14-12-21)32(45)38(18-23-9-6-10-25-29(23)36-37-30(25)31(34)44)19-27(40)41(39)33(46)35-17-22-7-4-3-5-8-22/h2-14,26-27,42H,1,15-20H2,(H2,34,44)(H,35,46)(H,36,37)/t26-,27-/m0/s1. The van der Waals surface area contributed by atoms with Gasteiger partial charge in [-0.15, -0.1) is 6.58 Å². The molecule has 5 amide bonds. The fourth-order valence-electron chi connectivity index (χ4n) is 6.17. The number of aromatic nitrogens is 2. The lowest BCUT2D eigenvalue weighted by molar-refractivity contribution is -0.189. The molecule has 3 heterocycles. The molecule has 0 spiro atoms. The van der Waals surface area contributed by atoms with Gasteiger partial charge in [0.25, 0.3) is 5.91 Å². The maximum absolute atomic E-state index is 14.3. The molecule has 1 aromatic heterocycles. The summed E-state index contributed by atoms with van der Waals surface area (Å²) in [7, 11) is 0. The Hall–Kier alpha value is -5.69. The van der Waals surface area contributed by atoms with Crippen molar-refractivity contribution in [2.75, 3.05) is 19.6 Å². The smallest absolute Gasteiger partial charge is 0.334 e. The van der Waals surface area contributed by atoms with Crippen LogP contribution in [0.3, 0.4) is 0 Å². The molecule has 236 valence electrons. The Morgan fingerprint density at radius 2 is 1.80 bits per heavy atom. The van der Waals surface area contributed by atoms with Gasteiger partial charge >= 0.3 is 6.03 Å². The van der Waals surface area contributed by atoms with E-state index in [2.05, 4.69) is 22.1 Å². The number of primary amides is 1. The van der Waals surface area contributed by atoms with Crippen molar-refractivity contribution in [3.8, 4) is 5.75 Å². The van der Waals surface area contributed by atoms with Crippen molar-refractivity contribution in [3.63, 3.8) is 0 Å². The van der Waals surface area contributed by atoms with Crippen molar-refractivity contribution in [1.29, 1.82) is 0 Å². The monoisotopic (exact) mass is 622 g/mol. The third-order valence-electron chi connectivity index (χ3n) is 8.31. The maximum atomic E-state index is 14.3. The van der Waals surface area contributed by atoms with E-state index in [1.807, 2.05) is 36.4 Å². The molecule has 2 aliphatic heterocycles. The number of nitrogens with two attached hydrogens (primary N) is 1. The third kappa shape index (κ3) is 5.87. The molecule has 0 saturated carbocycles. The molecule has 2 fully saturated rings. The minimum Gasteiger partial charge on any atom is -0.508 e. The van der Waals surface area contributed by atoms with Crippen LogP contribution in [0.5, 0.6) is 5.75 Å². The molecule has 13 heteroatoms. The number of aromatic hydroxyl groups is 1. The average Bonchev–Trinajstić information content (AvgIpc) is 3.49. The number of hydrogen-bond acceptors (Lipinski definition) is 7. The Bertz CT molecular complexity index is 1790. The number of phenols is 1. The number of para-hydroxylation sites is 1. The number of amides is 5. The molecule has 2 saturated heterocycles. The van der Waals surface area contributed by atoms with Crippen LogP contribution in [0.15, 0.2) is 85.5 Å². The summed E-state index contributed by atoms with van der Waals surface area (Å²) in [6.07, 6.45) is 0.947. The highest BCUT2D eigenvalue weighted by atomic mass is 16.3. The van der Waals surface area contributed by atoms with Gasteiger partial charge < -0.3 is 26.0 Å². The van der Waals surface area contributed by atoms with Crippen LogP contribution >= 0.6 is 0 Å². The minimum absolute atomic E-state index is 0.0204. The average molecular weight is 623 g/mol. The lowest BCUT2D eigenvalue weighted by Crippen LogP contribution is -2.76. The number of phenolic OH excluding ortho intramolecular Hbond substituents is 1. The molecule has 0 unspecified atom stereocenters. The summed E-state index contributed by atoms with van der Waals surface area (Å²) in [6, 6.07) is 19.9. The lowest BCUT2D eigenvalue weighted by Gasteiger charge is -2.55. The molecular formula is C33H34N8O5. The molecule has 2 atom stereocenters. The molecule has 2 aliphatic rings. The van der Waals surface area contributed by atoms with E-state index in [1.165, 1.54) is 22.0 Å². The number of benzene rings is 3. The van der Waals surface area contributed by atoms with Crippen LogP contribution in [0.1, 0.15) is 27.2 Å². The second kappa shape index (κ2) is 12.7. The van der Waals surface area contributed by atoms with Gasteiger partial charge in [-0.05, 0) is 28.8 Å². The topological polar surface area (TPSA) is 168 Å². The van der Waals surface area contributed by atoms with Crippen molar-refractivity contribution < 1.29 is 24.3 Å². The number of nitrogens with one attached hydrogen (secondary N) is 2. The fourth-order valence-corrected chi connectivity index (χ4v) is 6.17. The van der Waals surface area contributed by atoms with E-state index in [4.69, 9.17) is 5.73 Å². The number of aromatic amines is 1. The van der Waals surface area contributed by atoms with Gasteiger partial charge in [-0.25, -0.2) is 14.8 Å². The van der Waals surface area contributed by atoms with E-state index in [1.54, 1.807) is 40.3 Å². The Morgan fingerprint density at radius 3 is 2.52 bits per heavy atom. The first-order valence-electron chi connectivity index (χ1n) is 14.9. The number of urea groups is 1. The first-order chi connectivity index (χ1) is 22.2. The second-order valence-corrected chi connectivity index (χ2v) is 11.3. The van der Waals surface area contributed by atoms with Crippen molar-refractivity contribution in [2.45, 2.75) is 31.7 Å². The highest BCUT2D eigenvalue weighted by Gasteiger charge is 2.51. The van der Waals surface area contributed by atoms with E-state index >= 15 is 0 Å². The van der Waals surface area contributed by atoms with Crippen molar-refractivity contribution >= 4 is 34.7 Å². The van der Waals surface area contributed by atoms with Gasteiger partial charge in [0.1, 0.15) is 23.7 Å². The zero-order chi connectivity index (χ0) is 32.4. The summed E-state index contributed by atoms with van der Waals surface area (Å²) in [5, 5.41) is 23.5. The van der Waals surface area contributed by atoms with E-state index in [0.717, 1.165) is 11.1 Å². The molecule has 0 radical (unpaired) electrons. The number of carbonyl (C=O) groups excluding carboxylic acids is 4. The summed E-state index contributed by atoms with van der Waals surface area (Å²) < 4.78 is 0. The molecule has 4 aromatic rings. The van der Waals surface area contributed by atoms with Crippen LogP contribution in [0.2, 0.25) is 0 Å². The third-order valence-corrected chi connectivity index (χ3v) is 8.31. The molecule has 0 aliphatic carbocycles. The van der Waals surface area contributed by atoms with E-state index in [-0.39, 0.29) is 62.4 Å². The molecule has 6 rings (SSSR count). The molecule has 5 N–H and O–H groups in total. The first kappa shape index (κ1) is 30.3. The minimum atomic E-state index is -0.939. The number of carbonyl (C=O) groups is 4. The van der Waals surface area contributed by atoms with Gasteiger partial charge in [0.05, 0.1) is 18.6 Å². The van der Waals surface area contributed by atoms with Crippen molar-refractivity contribution in [2.24, 2.45) is 5.73 Å². The van der Waals surface area contributed by atoms with Gasteiger partial charge in [0.2, 0.25) is 11.8 Å². The summed E-state index contributed by atoms with van der Waals surface area (Å²) in [4.78, 5) is 57.1. The van der Waals surface area contributed by atoms with E-state index in [9.17, 15) is 24.3 Å². The van der Waals surface area contributed by atoms with Crippen LogP contribution in [0.25, 0.3) is 10.9 Å². The Kier molecular flexibility index (Phi) is 8.40. The zero-order valence-corrected chi connectivity index (χ0v) is 25.0. The van der Waals surface area contributed by atoms with Gasteiger partial charge in [-0.2, -0.15) is 5.10 Å². The molecule has 13 nitrogen and oxygen atoms in total. The van der Waals surface area contributed by atoms with Gasteiger partial charge in [0, 0.05) is 31.4 Å². The number of hydrazine groups is 1. The molecule has 3 aromatic carbocycles. The van der Waals surface area contributed by atoms with Crippen molar-refractivity contribution in [1.82, 2.24) is 35.3 Å². The predicted molar refractivity (Wildman–Crippen MR) is 169 cm³/mol. The molecular weight excluding hydrogens is 588 g/mol. The summed E-state index contributed by atoms with van der Waals surface area (Å²) in [5.41, 5.74) is 8.49.